The number of ether oxygens (including phenoxy) is 2. The summed E-state index contributed by atoms with van der Waals surface area (Å²) in [6.45, 7) is 0.0620. The lowest BCUT2D eigenvalue weighted by atomic mass is 9.99. The van der Waals surface area contributed by atoms with Crippen molar-refractivity contribution in [1.29, 1.82) is 0 Å². The fourth-order valence-electron chi connectivity index (χ4n) is 2.05. The molecule has 0 unspecified atom stereocenters. The standard InChI is InChI=1S/C16H14Cl2O4/c1-21-9-22-14-7-6-13(17)12(15(14)18)8-10-4-2-3-5-11(10)16(19)20/h2-7H,8-9H2,1H3,(H,19,20). The summed E-state index contributed by atoms with van der Waals surface area (Å²) in [6.07, 6.45) is 0.296. The number of hydrogen-bond acceptors (Lipinski definition) is 3. The molecule has 0 saturated heterocycles. The highest BCUT2D eigenvalue weighted by molar-refractivity contribution is 6.37. The van der Waals surface area contributed by atoms with Crippen LogP contribution in [0, 0.1) is 0 Å². The Hall–Kier alpha value is -1.75. The van der Waals surface area contributed by atoms with Crippen LogP contribution in [0.15, 0.2) is 36.4 Å². The van der Waals surface area contributed by atoms with Crippen molar-refractivity contribution in [3.63, 3.8) is 0 Å². The van der Waals surface area contributed by atoms with E-state index in [1.807, 2.05) is 0 Å². The van der Waals surface area contributed by atoms with Crippen LogP contribution < -0.4 is 4.74 Å². The third kappa shape index (κ3) is 3.71. The molecule has 116 valence electrons. The van der Waals surface area contributed by atoms with Crippen LogP contribution in [-0.4, -0.2) is 25.0 Å². The van der Waals surface area contributed by atoms with Crippen LogP contribution in [0.25, 0.3) is 0 Å². The van der Waals surface area contributed by atoms with Crippen LogP contribution in [0.5, 0.6) is 5.75 Å². The van der Waals surface area contributed by atoms with Gasteiger partial charge in [-0.3, -0.25) is 0 Å². The first-order chi connectivity index (χ1) is 10.5. The van der Waals surface area contributed by atoms with Gasteiger partial charge in [-0.25, -0.2) is 4.79 Å². The van der Waals surface area contributed by atoms with Gasteiger partial charge in [0.2, 0.25) is 0 Å². The van der Waals surface area contributed by atoms with Crippen molar-refractivity contribution in [3.8, 4) is 5.75 Å². The summed E-state index contributed by atoms with van der Waals surface area (Å²) < 4.78 is 10.2. The van der Waals surface area contributed by atoms with Gasteiger partial charge in [0.25, 0.3) is 0 Å². The maximum Gasteiger partial charge on any atom is 0.335 e. The number of rotatable bonds is 6. The second-order valence-electron chi connectivity index (χ2n) is 4.53. The monoisotopic (exact) mass is 340 g/mol. The van der Waals surface area contributed by atoms with Crippen molar-refractivity contribution in [1.82, 2.24) is 0 Å². The minimum Gasteiger partial charge on any atom is -0.478 e. The number of benzene rings is 2. The normalized spacial score (nSPS) is 10.5. The highest BCUT2D eigenvalue weighted by Gasteiger charge is 2.16. The van der Waals surface area contributed by atoms with E-state index in [1.54, 1.807) is 36.4 Å². The highest BCUT2D eigenvalue weighted by atomic mass is 35.5. The molecular formula is C16H14Cl2O4. The second kappa shape index (κ2) is 7.49. The van der Waals surface area contributed by atoms with Gasteiger partial charge in [0, 0.05) is 18.6 Å². The molecule has 0 fully saturated rings. The fourth-order valence-corrected chi connectivity index (χ4v) is 2.60. The molecule has 0 amide bonds. The van der Waals surface area contributed by atoms with Gasteiger partial charge in [0.15, 0.2) is 6.79 Å². The smallest absolute Gasteiger partial charge is 0.335 e. The number of carbonyl (C=O) groups is 1. The molecule has 0 aliphatic rings. The fraction of sp³-hybridized carbons (Fsp3) is 0.188. The summed E-state index contributed by atoms with van der Waals surface area (Å²) in [5.74, 6) is -0.551. The largest absolute Gasteiger partial charge is 0.478 e. The van der Waals surface area contributed by atoms with E-state index in [1.165, 1.54) is 7.11 Å². The summed E-state index contributed by atoms with van der Waals surface area (Å²) in [7, 11) is 1.51. The topological polar surface area (TPSA) is 55.8 Å². The van der Waals surface area contributed by atoms with E-state index in [2.05, 4.69) is 0 Å². The molecule has 0 radical (unpaired) electrons. The zero-order chi connectivity index (χ0) is 16.1. The molecule has 22 heavy (non-hydrogen) atoms. The molecule has 0 heterocycles. The van der Waals surface area contributed by atoms with Gasteiger partial charge < -0.3 is 14.6 Å². The van der Waals surface area contributed by atoms with Crippen molar-refractivity contribution >= 4 is 29.2 Å². The van der Waals surface area contributed by atoms with Gasteiger partial charge in [0.1, 0.15) is 5.75 Å². The van der Waals surface area contributed by atoms with Gasteiger partial charge in [-0.15, -0.1) is 0 Å². The summed E-state index contributed by atoms with van der Waals surface area (Å²) in [5, 5.41) is 10.1. The molecule has 0 bridgehead atoms. The Morgan fingerprint density at radius 3 is 2.59 bits per heavy atom. The maximum atomic E-state index is 11.3. The number of aromatic carboxylic acids is 1. The highest BCUT2D eigenvalue weighted by Crippen LogP contribution is 2.35. The van der Waals surface area contributed by atoms with E-state index in [0.717, 1.165) is 0 Å². The molecule has 0 spiro atoms. The van der Waals surface area contributed by atoms with Crippen LogP contribution in [0.1, 0.15) is 21.5 Å². The lowest BCUT2D eigenvalue weighted by Crippen LogP contribution is -2.04. The summed E-state index contributed by atoms with van der Waals surface area (Å²) in [4.78, 5) is 11.3. The predicted molar refractivity (Wildman–Crippen MR) is 85.2 cm³/mol. The zero-order valence-electron chi connectivity index (χ0n) is 11.8. The lowest BCUT2D eigenvalue weighted by molar-refractivity contribution is 0.0511. The molecule has 2 rings (SSSR count). The van der Waals surface area contributed by atoms with E-state index in [-0.39, 0.29) is 12.4 Å². The number of methoxy groups -OCH3 is 1. The number of halogens is 2. The van der Waals surface area contributed by atoms with E-state index in [0.29, 0.717) is 33.3 Å². The van der Waals surface area contributed by atoms with Crippen molar-refractivity contribution in [2.24, 2.45) is 0 Å². The van der Waals surface area contributed by atoms with Gasteiger partial charge in [0.05, 0.1) is 10.6 Å². The van der Waals surface area contributed by atoms with Crippen LogP contribution in [0.3, 0.4) is 0 Å². The van der Waals surface area contributed by atoms with E-state index in [4.69, 9.17) is 32.7 Å². The predicted octanol–water partition coefficient (Wildman–Crippen LogP) is 4.27. The molecule has 0 aromatic heterocycles. The molecule has 2 aromatic carbocycles. The number of carboxylic acid groups (broad SMARTS) is 1. The van der Waals surface area contributed by atoms with Crippen LogP contribution in [0.2, 0.25) is 10.0 Å². The van der Waals surface area contributed by atoms with E-state index >= 15 is 0 Å². The molecular weight excluding hydrogens is 327 g/mol. The molecule has 2 aromatic rings. The Labute approximate surface area is 138 Å². The maximum absolute atomic E-state index is 11.3. The Kier molecular flexibility index (Phi) is 5.66. The first kappa shape index (κ1) is 16.6. The average Bonchev–Trinajstić information content (AvgIpc) is 2.51. The minimum atomic E-state index is -0.991. The Morgan fingerprint density at radius 2 is 1.91 bits per heavy atom. The number of carboxylic acids is 1. The third-order valence-electron chi connectivity index (χ3n) is 3.10. The first-order valence-electron chi connectivity index (χ1n) is 6.44. The SMILES string of the molecule is COCOc1ccc(Cl)c(Cc2ccccc2C(=O)O)c1Cl. The quantitative estimate of drug-likeness (QED) is 0.798. The Morgan fingerprint density at radius 1 is 1.18 bits per heavy atom. The van der Waals surface area contributed by atoms with Crippen molar-refractivity contribution in [2.75, 3.05) is 13.9 Å². The molecule has 0 saturated carbocycles. The average molecular weight is 341 g/mol. The van der Waals surface area contributed by atoms with Crippen LogP contribution in [-0.2, 0) is 11.2 Å². The molecule has 0 aliphatic heterocycles. The van der Waals surface area contributed by atoms with Crippen molar-refractivity contribution in [2.45, 2.75) is 6.42 Å². The van der Waals surface area contributed by atoms with Gasteiger partial charge in [-0.05, 0) is 29.3 Å². The molecule has 1 N–H and O–H groups in total. The Balaban J connectivity index is 2.39. The van der Waals surface area contributed by atoms with Gasteiger partial charge >= 0.3 is 5.97 Å². The molecule has 0 aliphatic carbocycles. The Bertz CT molecular complexity index is 686. The second-order valence-corrected chi connectivity index (χ2v) is 5.31. The number of hydrogen-bond donors (Lipinski definition) is 1. The van der Waals surface area contributed by atoms with Crippen molar-refractivity contribution < 1.29 is 19.4 Å². The van der Waals surface area contributed by atoms with Crippen LogP contribution in [0.4, 0.5) is 0 Å². The van der Waals surface area contributed by atoms with Crippen molar-refractivity contribution in [3.05, 3.63) is 63.1 Å². The summed E-state index contributed by atoms with van der Waals surface area (Å²) in [5.41, 5.74) is 1.46. The van der Waals surface area contributed by atoms with Crippen LogP contribution >= 0.6 is 23.2 Å². The van der Waals surface area contributed by atoms with Gasteiger partial charge in [-0.1, -0.05) is 41.4 Å². The van der Waals surface area contributed by atoms with E-state index < -0.39 is 5.97 Å². The molecule has 4 nitrogen and oxygen atoms in total. The van der Waals surface area contributed by atoms with Gasteiger partial charge in [-0.2, -0.15) is 0 Å². The molecule has 6 heteroatoms. The lowest BCUT2D eigenvalue weighted by Gasteiger charge is -2.13. The minimum absolute atomic E-state index is 0.0620. The molecule has 0 atom stereocenters. The summed E-state index contributed by atoms with van der Waals surface area (Å²) >= 11 is 12.5. The van der Waals surface area contributed by atoms with E-state index in [9.17, 15) is 9.90 Å². The first-order valence-corrected chi connectivity index (χ1v) is 7.20. The zero-order valence-corrected chi connectivity index (χ0v) is 13.3. The third-order valence-corrected chi connectivity index (χ3v) is 3.87. The summed E-state index contributed by atoms with van der Waals surface area (Å²) in [6, 6.07) is 10.0.